The summed E-state index contributed by atoms with van der Waals surface area (Å²) in [6, 6.07) is 5.12. The lowest BCUT2D eigenvalue weighted by molar-refractivity contribution is -0.122. The molecule has 6 rings (SSSR count). The molecule has 4 fully saturated rings. The van der Waals surface area contributed by atoms with E-state index in [1.807, 2.05) is 4.31 Å². The molecule has 0 aromatic heterocycles. The number of ether oxygens (including phenoxy) is 1. The number of amides is 2. The highest BCUT2D eigenvalue weighted by Gasteiger charge is 2.59. The van der Waals surface area contributed by atoms with E-state index >= 15 is 0 Å². The zero-order valence-corrected chi connectivity index (χ0v) is 21.6. The van der Waals surface area contributed by atoms with Crippen molar-refractivity contribution < 1.29 is 22.7 Å². The van der Waals surface area contributed by atoms with Crippen molar-refractivity contribution in [1.29, 1.82) is 0 Å². The fourth-order valence-electron chi connectivity index (χ4n) is 7.00. The number of nitrogens with zero attached hydrogens (tertiary/aromatic N) is 1. The summed E-state index contributed by atoms with van der Waals surface area (Å²) in [6.45, 7) is 4.71. The molecule has 1 aromatic carbocycles. The van der Waals surface area contributed by atoms with Crippen molar-refractivity contribution in [3.63, 3.8) is 0 Å². The molecule has 3 unspecified atom stereocenters. The molecule has 2 saturated carbocycles. The monoisotopic (exact) mass is 516 g/mol. The second-order valence-electron chi connectivity index (χ2n) is 11.4. The third-order valence-electron chi connectivity index (χ3n) is 9.05. The van der Waals surface area contributed by atoms with Gasteiger partial charge in [0, 0.05) is 24.7 Å². The van der Waals surface area contributed by atoms with Crippen LogP contribution in [0.15, 0.2) is 18.2 Å². The van der Waals surface area contributed by atoms with Crippen molar-refractivity contribution in [3.05, 3.63) is 23.8 Å². The van der Waals surface area contributed by atoms with Crippen LogP contribution < -0.4 is 20.7 Å². The molecule has 0 radical (unpaired) electrons. The fourth-order valence-corrected chi connectivity index (χ4v) is 9.15. The molecule has 1 aromatic rings. The zero-order chi connectivity index (χ0) is 25.0. The predicted molar refractivity (Wildman–Crippen MR) is 135 cm³/mol. The number of fused-ring (bicyclic) bond motifs is 3. The topological polar surface area (TPSA) is 117 Å². The predicted octanol–water partition coefficient (Wildman–Crippen LogP) is 1.81. The minimum Gasteiger partial charge on any atom is -0.479 e. The summed E-state index contributed by atoms with van der Waals surface area (Å²) in [4.78, 5) is 24.8. The van der Waals surface area contributed by atoms with Crippen LogP contribution in [0.3, 0.4) is 0 Å². The quantitative estimate of drug-likeness (QED) is 0.531. The van der Waals surface area contributed by atoms with Gasteiger partial charge in [-0.2, -0.15) is 4.31 Å². The lowest BCUT2D eigenvalue weighted by Crippen LogP contribution is -2.48. The summed E-state index contributed by atoms with van der Waals surface area (Å²) in [5.74, 6) is 2.62. The lowest BCUT2D eigenvalue weighted by atomic mass is 9.91. The van der Waals surface area contributed by atoms with Crippen molar-refractivity contribution in [2.24, 2.45) is 29.6 Å². The third-order valence-corrected chi connectivity index (χ3v) is 11.1. The number of piperidine rings is 2. The Balaban J connectivity index is 1.09. The average molecular weight is 517 g/mol. The standard InChI is InChI=1S/C26H36N4O5S/c1-15-25(31)29-23-10-18(2-3-24(23)35-15)26(32)28-12-17-8-19-11-21-20(9-17)22(21)13-30(19)36(33,34)14-16-4-6-27-7-5-16/h2-3,10,15-17,19-22,27H,4-9,11-14H2,1H3,(H,28,32)(H,29,31)/t15-,17?,19?,20-,21+,22?/m1/s1. The Bertz CT molecular complexity index is 1150. The largest absolute Gasteiger partial charge is 0.479 e. The Kier molecular flexibility index (Phi) is 6.24. The second-order valence-corrected chi connectivity index (χ2v) is 13.4. The maximum Gasteiger partial charge on any atom is 0.265 e. The van der Waals surface area contributed by atoms with Gasteiger partial charge in [-0.15, -0.1) is 0 Å². The smallest absolute Gasteiger partial charge is 0.265 e. The number of hydrogen-bond acceptors (Lipinski definition) is 6. The van der Waals surface area contributed by atoms with E-state index in [4.69, 9.17) is 4.74 Å². The summed E-state index contributed by atoms with van der Waals surface area (Å²) < 4.78 is 34.3. The maximum absolute atomic E-state index is 13.4. The van der Waals surface area contributed by atoms with Crippen LogP contribution >= 0.6 is 0 Å². The lowest BCUT2D eigenvalue weighted by Gasteiger charge is -2.38. The number of hydrogen-bond donors (Lipinski definition) is 3. The highest BCUT2D eigenvalue weighted by Crippen LogP contribution is 2.59. The van der Waals surface area contributed by atoms with Gasteiger partial charge >= 0.3 is 0 Å². The molecule has 3 aliphatic heterocycles. The van der Waals surface area contributed by atoms with E-state index < -0.39 is 16.1 Å². The first-order chi connectivity index (χ1) is 17.3. The van der Waals surface area contributed by atoms with Gasteiger partial charge in [0.1, 0.15) is 5.75 Å². The maximum atomic E-state index is 13.4. The molecule has 196 valence electrons. The van der Waals surface area contributed by atoms with Crippen molar-refractivity contribution >= 4 is 27.5 Å². The Morgan fingerprint density at radius 1 is 1.11 bits per heavy atom. The fraction of sp³-hybridized carbons (Fsp3) is 0.692. The van der Waals surface area contributed by atoms with Gasteiger partial charge in [0.15, 0.2) is 6.10 Å². The number of carbonyl (C=O) groups is 2. The Labute approximate surface area is 212 Å². The molecular formula is C26H36N4O5S. The van der Waals surface area contributed by atoms with Gasteiger partial charge in [0.05, 0.1) is 11.4 Å². The van der Waals surface area contributed by atoms with Crippen molar-refractivity contribution in [1.82, 2.24) is 14.9 Å². The van der Waals surface area contributed by atoms with E-state index in [1.165, 1.54) is 0 Å². The summed E-state index contributed by atoms with van der Waals surface area (Å²) in [5, 5.41) is 9.18. The number of benzene rings is 1. The van der Waals surface area contributed by atoms with Crippen LogP contribution in [0, 0.1) is 29.6 Å². The molecule has 9 nitrogen and oxygen atoms in total. The van der Waals surface area contributed by atoms with Gasteiger partial charge in [-0.05, 0) is 99.9 Å². The summed E-state index contributed by atoms with van der Waals surface area (Å²) >= 11 is 0. The molecule has 3 heterocycles. The van der Waals surface area contributed by atoms with E-state index in [9.17, 15) is 18.0 Å². The number of sulfonamides is 1. The van der Waals surface area contributed by atoms with Crippen LogP contribution in [0.4, 0.5) is 5.69 Å². The highest BCUT2D eigenvalue weighted by atomic mass is 32.2. The molecule has 36 heavy (non-hydrogen) atoms. The van der Waals surface area contributed by atoms with E-state index in [1.54, 1.807) is 25.1 Å². The van der Waals surface area contributed by atoms with Gasteiger partial charge in [-0.1, -0.05) is 0 Å². The number of rotatable bonds is 6. The summed E-state index contributed by atoms with van der Waals surface area (Å²) in [6.07, 6.45) is 4.13. The third kappa shape index (κ3) is 4.63. The highest BCUT2D eigenvalue weighted by molar-refractivity contribution is 7.89. The van der Waals surface area contributed by atoms with E-state index in [0.717, 1.165) is 45.2 Å². The number of anilines is 1. The van der Waals surface area contributed by atoms with Gasteiger partial charge in [0.25, 0.3) is 11.8 Å². The Morgan fingerprint density at radius 3 is 2.69 bits per heavy atom. The first-order valence-corrected chi connectivity index (χ1v) is 15.0. The molecule has 0 spiro atoms. The molecular weight excluding hydrogens is 480 g/mol. The van der Waals surface area contributed by atoms with Crippen LogP contribution in [0.25, 0.3) is 0 Å². The summed E-state index contributed by atoms with van der Waals surface area (Å²) in [5.41, 5.74) is 0.978. The van der Waals surface area contributed by atoms with Crippen LogP contribution in [0.1, 0.15) is 49.4 Å². The minimum atomic E-state index is -3.28. The van der Waals surface area contributed by atoms with E-state index in [-0.39, 0.29) is 35.4 Å². The molecule has 2 amide bonds. The van der Waals surface area contributed by atoms with Crippen LogP contribution in [-0.4, -0.2) is 68.6 Å². The summed E-state index contributed by atoms with van der Waals surface area (Å²) in [7, 11) is -3.28. The molecule has 2 aliphatic carbocycles. The van der Waals surface area contributed by atoms with Gasteiger partial charge < -0.3 is 20.7 Å². The van der Waals surface area contributed by atoms with Gasteiger partial charge in [-0.25, -0.2) is 8.42 Å². The molecule has 3 N–H and O–H groups in total. The van der Waals surface area contributed by atoms with Gasteiger partial charge in [-0.3, -0.25) is 9.59 Å². The Hall–Kier alpha value is -2.17. The van der Waals surface area contributed by atoms with Crippen LogP contribution in [0.5, 0.6) is 5.75 Å². The van der Waals surface area contributed by atoms with Crippen LogP contribution in [-0.2, 0) is 14.8 Å². The SMILES string of the molecule is C[C@H]1Oc2ccc(C(=O)NCC3CC4C[C@@H]5C(CN4S(=O)(=O)CC4CCNCC4)[C@@H]5C3)cc2NC1=O. The van der Waals surface area contributed by atoms with Crippen molar-refractivity contribution in [3.8, 4) is 5.75 Å². The van der Waals surface area contributed by atoms with Crippen molar-refractivity contribution in [2.75, 3.05) is 37.2 Å². The molecule has 10 heteroatoms. The molecule has 6 atom stereocenters. The molecule has 5 aliphatic rings. The van der Waals surface area contributed by atoms with Crippen LogP contribution in [0.2, 0.25) is 0 Å². The molecule has 2 saturated heterocycles. The minimum absolute atomic E-state index is 0.0467. The van der Waals surface area contributed by atoms with Gasteiger partial charge in [0.2, 0.25) is 10.0 Å². The number of nitrogens with one attached hydrogen (secondary N) is 3. The zero-order valence-electron chi connectivity index (χ0n) is 20.7. The van der Waals surface area contributed by atoms with Crippen molar-refractivity contribution in [2.45, 2.75) is 51.2 Å². The number of carbonyl (C=O) groups excluding carboxylic acids is 2. The van der Waals surface area contributed by atoms with E-state index in [0.29, 0.717) is 47.8 Å². The normalized spacial score (nSPS) is 34.1. The first kappa shape index (κ1) is 24.2. The van der Waals surface area contributed by atoms with E-state index in [2.05, 4.69) is 16.0 Å². The average Bonchev–Trinajstić information content (AvgIpc) is 3.55. The molecule has 2 bridgehead atoms. The Morgan fingerprint density at radius 2 is 1.89 bits per heavy atom. The second kappa shape index (κ2) is 9.29. The first-order valence-electron chi connectivity index (χ1n) is 13.4.